The molecule has 116 valence electrons. The number of carbonyl (C=O) groups excluding carboxylic acids is 1. The maximum Gasteiger partial charge on any atom is 0.221 e. The highest BCUT2D eigenvalue weighted by Gasteiger charge is 2.07. The molecule has 0 atom stereocenters. The summed E-state index contributed by atoms with van der Waals surface area (Å²) in [7, 11) is 0. The van der Waals surface area contributed by atoms with Crippen LogP contribution >= 0.6 is 0 Å². The summed E-state index contributed by atoms with van der Waals surface area (Å²) in [6.45, 7) is 1.96. The molecule has 1 heterocycles. The second-order valence-electron chi connectivity index (χ2n) is 5.09. The van der Waals surface area contributed by atoms with E-state index in [0.717, 1.165) is 11.3 Å². The molecule has 5 nitrogen and oxygen atoms in total. The van der Waals surface area contributed by atoms with E-state index in [9.17, 15) is 9.18 Å². The summed E-state index contributed by atoms with van der Waals surface area (Å²) in [6.07, 6.45) is 1.33. The highest BCUT2D eigenvalue weighted by Crippen LogP contribution is 2.22. The Morgan fingerprint density at radius 2 is 2.00 bits per heavy atom. The number of para-hydroxylation sites is 1. The van der Waals surface area contributed by atoms with E-state index >= 15 is 0 Å². The first-order valence-corrected chi connectivity index (χ1v) is 7.13. The van der Waals surface area contributed by atoms with Gasteiger partial charge in [-0.2, -0.15) is 0 Å². The van der Waals surface area contributed by atoms with Crippen LogP contribution in [0.1, 0.15) is 12.5 Å². The van der Waals surface area contributed by atoms with E-state index in [1.165, 1.54) is 19.3 Å². The van der Waals surface area contributed by atoms with Gasteiger partial charge in [-0.05, 0) is 29.8 Å². The van der Waals surface area contributed by atoms with Crippen LogP contribution in [0.4, 0.5) is 15.9 Å². The second-order valence-corrected chi connectivity index (χ2v) is 5.09. The number of anilines is 2. The van der Waals surface area contributed by atoms with Crippen molar-refractivity contribution in [2.45, 2.75) is 13.5 Å². The third-order valence-corrected chi connectivity index (χ3v) is 3.32. The summed E-state index contributed by atoms with van der Waals surface area (Å²) in [5.41, 5.74) is 1.99. The lowest BCUT2D eigenvalue weighted by Gasteiger charge is -2.10. The third-order valence-electron chi connectivity index (χ3n) is 3.32. The van der Waals surface area contributed by atoms with E-state index in [2.05, 4.69) is 20.6 Å². The molecule has 0 aliphatic rings. The highest BCUT2D eigenvalue weighted by atomic mass is 19.1. The maximum atomic E-state index is 13.7. The van der Waals surface area contributed by atoms with Crippen molar-refractivity contribution in [3.05, 3.63) is 60.2 Å². The minimum absolute atomic E-state index is 0.118. The molecule has 3 aromatic rings. The molecule has 3 rings (SSSR count). The Bertz CT molecular complexity index is 866. The van der Waals surface area contributed by atoms with E-state index in [-0.39, 0.29) is 17.2 Å². The molecule has 0 radical (unpaired) electrons. The number of amides is 1. The van der Waals surface area contributed by atoms with Gasteiger partial charge in [-0.1, -0.05) is 18.2 Å². The molecule has 6 heteroatoms. The zero-order valence-corrected chi connectivity index (χ0v) is 12.5. The van der Waals surface area contributed by atoms with Crippen LogP contribution in [0.5, 0.6) is 0 Å². The smallest absolute Gasteiger partial charge is 0.221 e. The number of benzene rings is 2. The minimum atomic E-state index is -0.374. The predicted molar refractivity (Wildman–Crippen MR) is 87.6 cm³/mol. The lowest BCUT2D eigenvalue weighted by molar-refractivity contribution is -0.114. The SMILES string of the molecule is CC(=O)Nc1cccc(CNc2ncnc3c(F)cccc23)c1. The predicted octanol–water partition coefficient (Wildman–Crippen LogP) is 3.34. The molecule has 0 aliphatic carbocycles. The third kappa shape index (κ3) is 3.42. The van der Waals surface area contributed by atoms with Gasteiger partial charge in [0.05, 0.1) is 0 Å². The fourth-order valence-electron chi connectivity index (χ4n) is 2.34. The van der Waals surface area contributed by atoms with E-state index < -0.39 is 0 Å². The van der Waals surface area contributed by atoms with Crippen molar-refractivity contribution < 1.29 is 9.18 Å². The van der Waals surface area contributed by atoms with Crippen molar-refractivity contribution in [1.29, 1.82) is 0 Å². The number of carbonyl (C=O) groups is 1. The number of fused-ring (bicyclic) bond motifs is 1. The molecule has 1 aromatic heterocycles. The van der Waals surface area contributed by atoms with Gasteiger partial charge in [0.15, 0.2) is 0 Å². The van der Waals surface area contributed by atoms with Crippen molar-refractivity contribution in [1.82, 2.24) is 9.97 Å². The van der Waals surface area contributed by atoms with Crippen molar-refractivity contribution in [2.24, 2.45) is 0 Å². The molecule has 1 amide bonds. The average Bonchev–Trinajstić information content (AvgIpc) is 2.53. The molecular formula is C17H15FN4O. The Labute approximate surface area is 132 Å². The molecule has 0 unspecified atom stereocenters. The number of hydrogen-bond donors (Lipinski definition) is 2. The summed E-state index contributed by atoms with van der Waals surface area (Å²) >= 11 is 0. The van der Waals surface area contributed by atoms with Crippen molar-refractivity contribution in [3.8, 4) is 0 Å². The molecule has 0 saturated heterocycles. The Balaban J connectivity index is 1.81. The Hall–Kier alpha value is -3.02. The van der Waals surface area contributed by atoms with Crippen LogP contribution in [0.25, 0.3) is 10.9 Å². The Kier molecular flexibility index (Phi) is 4.14. The molecule has 2 N–H and O–H groups in total. The van der Waals surface area contributed by atoms with Gasteiger partial charge in [-0.25, -0.2) is 14.4 Å². The van der Waals surface area contributed by atoms with Gasteiger partial charge in [-0.15, -0.1) is 0 Å². The fraction of sp³-hybridized carbons (Fsp3) is 0.118. The van der Waals surface area contributed by atoms with Crippen LogP contribution in [0.3, 0.4) is 0 Å². The van der Waals surface area contributed by atoms with Crippen LogP contribution < -0.4 is 10.6 Å². The van der Waals surface area contributed by atoms with Gasteiger partial charge in [0.25, 0.3) is 0 Å². The Morgan fingerprint density at radius 3 is 2.83 bits per heavy atom. The zero-order valence-electron chi connectivity index (χ0n) is 12.5. The van der Waals surface area contributed by atoms with Gasteiger partial charge in [0.1, 0.15) is 23.5 Å². The number of hydrogen-bond acceptors (Lipinski definition) is 4. The van der Waals surface area contributed by atoms with Crippen LogP contribution in [0.15, 0.2) is 48.8 Å². The number of nitrogens with zero attached hydrogens (tertiary/aromatic N) is 2. The standard InChI is InChI=1S/C17H15FN4O/c1-11(23)22-13-5-2-4-12(8-13)9-19-17-14-6-3-7-15(18)16(14)20-10-21-17/h2-8,10H,9H2,1H3,(H,22,23)(H,19,20,21). The number of halogens is 1. The quantitative estimate of drug-likeness (QED) is 0.775. The molecule has 23 heavy (non-hydrogen) atoms. The molecule has 0 spiro atoms. The van der Waals surface area contributed by atoms with E-state index in [0.29, 0.717) is 17.7 Å². The largest absolute Gasteiger partial charge is 0.365 e. The van der Waals surface area contributed by atoms with Crippen LogP contribution in [0.2, 0.25) is 0 Å². The minimum Gasteiger partial charge on any atom is -0.365 e. The van der Waals surface area contributed by atoms with E-state index in [1.54, 1.807) is 12.1 Å². The van der Waals surface area contributed by atoms with Gasteiger partial charge >= 0.3 is 0 Å². The van der Waals surface area contributed by atoms with E-state index in [4.69, 9.17) is 0 Å². The van der Waals surface area contributed by atoms with E-state index in [1.807, 2.05) is 24.3 Å². The van der Waals surface area contributed by atoms with Gasteiger partial charge < -0.3 is 10.6 Å². The monoisotopic (exact) mass is 310 g/mol. The topological polar surface area (TPSA) is 66.9 Å². The molecular weight excluding hydrogens is 295 g/mol. The molecule has 0 fully saturated rings. The van der Waals surface area contributed by atoms with Crippen LogP contribution in [0, 0.1) is 5.82 Å². The first-order chi connectivity index (χ1) is 11.1. The van der Waals surface area contributed by atoms with Gasteiger partial charge in [0, 0.05) is 24.5 Å². The number of nitrogens with one attached hydrogen (secondary N) is 2. The lowest BCUT2D eigenvalue weighted by Crippen LogP contribution is -2.07. The summed E-state index contributed by atoms with van der Waals surface area (Å²) in [5.74, 6) is 0.0763. The number of rotatable bonds is 4. The lowest BCUT2D eigenvalue weighted by atomic mass is 10.2. The second kappa shape index (κ2) is 6.39. The van der Waals surface area contributed by atoms with Crippen LogP contribution in [-0.4, -0.2) is 15.9 Å². The van der Waals surface area contributed by atoms with Gasteiger partial charge in [0.2, 0.25) is 5.91 Å². The summed E-state index contributed by atoms with van der Waals surface area (Å²) in [5, 5.41) is 6.55. The van der Waals surface area contributed by atoms with Crippen molar-refractivity contribution in [2.75, 3.05) is 10.6 Å². The van der Waals surface area contributed by atoms with Gasteiger partial charge in [-0.3, -0.25) is 4.79 Å². The first kappa shape index (κ1) is 14.9. The summed E-state index contributed by atoms with van der Waals surface area (Å²) in [6, 6.07) is 12.3. The fourth-order valence-corrected chi connectivity index (χ4v) is 2.34. The normalized spacial score (nSPS) is 10.5. The summed E-state index contributed by atoms with van der Waals surface area (Å²) < 4.78 is 13.7. The first-order valence-electron chi connectivity index (χ1n) is 7.13. The average molecular weight is 310 g/mol. The van der Waals surface area contributed by atoms with Crippen molar-refractivity contribution >= 4 is 28.3 Å². The number of aromatic nitrogens is 2. The van der Waals surface area contributed by atoms with Crippen LogP contribution in [-0.2, 0) is 11.3 Å². The Morgan fingerprint density at radius 1 is 1.17 bits per heavy atom. The summed E-state index contributed by atoms with van der Waals surface area (Å²) in [4.78, 5) is 19.2. The molecule has 2 aromatic carbocycles. The highest BCUT2D eigenvalue weighted by molar-refractivity contribution is 5.89. The van der Waals surface area contributed by atoms with Crippen molar-refractivity contribution in [3.63, 3.8) is 0 Å². The molecule has 0 bridgehead atoms. The maximum absolute atomic E-state index is 13.7. The molecule has 0 aliphatic heterocycles. The zero-order chi connectivity index (χ0) is 16.2. The molecule has 0 saturated carbocycles.